The Morgan fingerprint density at radius 2 is 1.92 bits per heavy atom. The van der Waals surface area contributed by atoms with Crippen LogP contribution in [-0.2, 0) is 6.61 Å². The second kappa shape index (κ2) is 5.60. The number of aromatic nitrogens is 1. The largest absolute Gasteiger partial charge is 0.392 e. The molecule has 3 nitrogen and oxygen atoms in total. The number of hydrogen-bond donors (Lipinski definition) is 1. The van der Waals surface area contributed by atoms with Crippen LogP contribution in [0.25, 0.3) is 16.5 Å². The predicted molar refractivity (Wildman–Crippen MR) is 96.9 cm³/mol. The van der Waals surface area contributed by atoms with Crippen molar-refractivity contribution < 1.29 is 5.11 Å². The van der Waals surface area contributed by atoms with Gasteiger partial charge >= 0.3 is 0 Å². The van der Waals surface area contributed by atoms with Gasteiger partial charge in [-0.3, -0.25) is 9.36 Å². The summed E-state index contributed by atoms with van der Waals surface area (Å²) >= 11 is 0. The lowest BCUT2D eigenvalue weighted by molar-refractivity contribution is 0.280. The zero-order valence-electron chi connectivity index (χ0n) is 14.0. The lowest BCUT2D eigenvalue weighted by Gasteiger charge is -2.14. The summed E-state index contributed by atoms with van der Waals surface area (Å²) in [5, 5.41) is 11.5. The van der Waals surface area contributed by atoms with Crippen LogP contribution in [0.15, 0.2) is 47.4 Å². The minimum absolute atomic E-state index is 0.0207. The molecule has 24 heavy (non-hydrogen) atoms. The molecule has 0 amide bonds. The Morgan fingerprint density at radius 3 is 2.62 bits per heavy atom. The number of aliphatic hydroxyl groups is 1. The summed E-state index contributed by atoms with van der Waals surface area (Å²) in [6.07, 6.45) is 4.34. The van der Waals surface area contributed by atoms with Crippen molar-refractivity contribution in [3.8, 4) is 5.69 Å². The van der Waals surface area contributed by atoms with Crippen LogP contribution in [0.1, 0.15) is 41.0 Å². The van der Waals surface area contributed by atoms with Gasteiger partial charge in [-0.25, -0.2) is 0 Å². The molecule has 4 rings (SSSR count). The van der Waals surface area contributed by atoms with E-state index >= 15 is 0 Å². The van der Waals surface area contributed by atoms with Crippen molar-refractivity contribution in [3.63, 3.8) is 0 Å². The number of hydrogen-bond acceptors (Lipinski definition) is 2. The zero-order valence-corrected chi connectivity index (χ0v) is 14.0. The quantitative estimate of drug-likeness (QED) is 0.793. The van der Waals surface area contributed by atoms with Crippen molar-refractivity contribution in [3.05, 3.63) is 75.2 Å². The smallest absolute Gasteiger partial charge is 0.263 e. The van der Waals surface area contributed by atoms with Gasteiger partial charge < -0.3 is 5.11 Å². The first-order chi connectivity index (χ1) is 11.6. The summed E-state index contributed by atoms with van der Waals surface area (Å²) in [7, 11) is 0. The molecule has 1 heterocycles. The Hall–Kier alpha value is -2.39. The number of nitrogens with zero attached hydrogens (tertiary/aromatic N) is 1. The lowest BCUT2D eigenvalue weighted by Crippen LogP contribution is -2.20. The maximum atomic E-state index is 13.1. The first kappa shape index (κ1) is 15.2. The number of aliphatic hydroxyl groups excluding tert-OH is 1. The fraction of sp³-hybridized carbons (Fsp3) is 0.286. The van der Waals surface area contributed by atoms with Gasteiger partial charge in [0.25, 0.3) is 5.56 Å². The molecule has 0 radical (unpaired) electrons. The summed E-state index contributed by atoms with van der Waals surface area (Å²) in [6.45, 7) is 3.89. The number of aryl methyl sites for hydroxylation is 2. The highest BCUT2D eigenvalue weighted by molar-refractivity contribution is 5.86. The van der Waals surface area contributed by atoms with Crippen LogP contribution >= 0.6 is 0 Å². The second-order valence-electron chi connectivity index (χ2n) is 6.80. The molecule has 0 spiro atoms. The van der Waals surface area contributed by atoms with E-state index in [4.69, 9.17) is 0 Å². The summed E-state index contributed by atoms with van der Waals surface area (Å²) in [5.74, 6) is 0.674. The summed E-state index contributed by atoms with van der Waals surface area (Å²) in [6, 6.07) is 12.1. The van der Waals surface area contributed by atoms with Crippen molar-refractivity contribution >= 4 is 10.8 Å². The Bertz CT molecular complexity index is 997. The molecule has 1 fully saturated rings. The first-order valence-corrected chi connectivity index (χ1v) is 8.46. The molecule has 1 aliphatic rings. The third kappa shape index (κ3) is 2.36. The van der Waals surface area contributed by atoms with Crippen LogP contribution in [0, 0.1) is 13.8 Å². The minimum Gasteiger partial charge on any atom is -0.392 e. The van der Waals surface area contributed by atoms with E-state index in [1.54, 1.807) is 4.57 Å². The Kier molecular flexibility index (Phi) is 3.54. The third-order valence-electron chi connectivity index (χ3n) is 5.08. The van der Waals surface area contributed by atoms with Crippen molar-refractivity contribution in [2.45, 2.75) is 39.2 Å². The molecule has 0 atom stereocenters. The van der Waals surface area contributed by atoms with E-state index in [9.17, 15) is 9.90 Å². The van der Waals surface area contributed by atoms with Crippen molar-refractivity contribution in [2.24, 2.45) is 0 Å². The monoisotopic (exact) mass is 319 g/mol. The Labute approximate surface area is 141 Å². The van der Waals surface area contributed by atoms with Crippen molar-refractivity contribution in [1.29, 1.82) is 0 Å². The Balaban J connectivity index is 1.97. The van der Waals surface area contributed by atoms with E-state index in [-0.39, 0.29) is 12.2 Å². The topological polar surface area (TPSA) is 42.2 Å². The van der Waals surface area contributed by atoms with Gasteiger partial charge in [-0.05, 0) is 66.8 Å². The fourth-order valence-electron chi connectivity index (χ4n) is 3.57. The van der Waals surface area contributed by atoms with E-state index in [0.29, 0.717) is 5.92 Å². The molecule has 1 N–H and O–H groups in total. The van der Waals surface area contributed by atoms with Crippen LogP contribution in [0.3, 0.4) is 0 Å². The van der Waals surface area contributed by atoms with E-state index in [2.05, 4.69) is 12.1 Å². The molecule has 3 heteroatoms. The fourth-order valence-corrected chi connectivity index (χ4v) is 3.57. The molecule has 1 aliphatic carbocycles. The van der Waals surface area contributed by atoms with Crippen LogP contribution < -0.4 is 5.56 Å². The second-order valence-corrected chi connectivity index (χ2v) is 6.80. The van der Waals surface area contributed by atoms with E-state index < -0.39 is 0 Å². The van der Waals surface area contributed by atoms with Gasteiger partial charge in [-0.2, -0.15) is 0 Å². The van der Waals surface area contributed by atoms with Gasteiger partial charge in [-0.15, -0.1) is 0 Å². The first-order valence-electron chi connectivity index (χ1n) is 8.46. The molecule has 2 aromatic carbocycles. The van der Waals surface area contributed by atoms with Gasteiger partial charge in [0, 0.05) is 11.8 Å². The normalized spacial score (nSPS) is 14.3. The van der Waals surface area contributed by atoms with Crippen LogP contribution in [0.5, 0.6) is 0 Å². The average molecular weight is 319 g/mol. The molecule has 1 aromatic heterocycles. The molecule has 1 saturated carbocycles. The molecule has 0 bridgehead atoms. The molecule has 0 unspecified atom stereocenters. The van der Waals surface area contributed by atoms with Crippen LogP contribution in [0.2, 0.25) is 0 Å². The number of benzene rings is 2. The maximum Gasteiger partial charge on any atom is 0.263 e. The van der Waals surface area contributed by atoms with E-state index in [0.717, 1.165) is 33.2 Å². The highest BCUT2D eigenvalue weighted by Crippen LogP contribution is 2.41. The molecule has 122 valence electrons. The maximum absolute atomic E-state index is 13.1. The zero-order chi connectivity index (χ0) is 16.8. The van der Waals surface area contributed by atoms with Crippen LogP contribution in [0.4, 0.5) is 0 Å². The molecular formula is C21H21NO2. The standard InChI is InChI=1S/C21H21NO2/c1-13-4-3-5-19(18(13)12-23)22-9-8-16-11-17(15-6-7-15)10-14(2)20(16)21(22)24/h3-5,8-11,15,23H,6-7,12H2,1-2H3. The van der Waals surface area contributed by atoms with Crippen molar-refractivity contribution in [1.82, 2.24) is 4.57 Å². The predicted octanol–water partition coefficient (Wildman–Crippen LogP) is 3.98. The van der Waals surface area contributed by atoms with Crippen LogP contribution in [-0.4, -0.2) is 9.67 Å². The SMILES string of the molecule is Cc1cccc(-n2ccc3cc(C4CC4)cc(C)c3c2=O)c1CO. The number of rotatable bonds is 3. The summed E-state index contributed by atoms with van der Waals surface area (Å²) in [4.78, 5) is 13.1. The van der Waals surface area contributed by atoms with Gasteiger partial charge in [0.1, 0.15) is 0 Å². The average Bonchev–Trinajstić information content (AvgIpc) is 3.39. The highest BCUT2D eigenvalue weighted by Gasteiger charge is 2.24. The van der Waals surface area contributed by atoms with Crippen molar-refractivity contribution in [2.75, 3.05) is 0 Å². The summed E-state index contributed by atoms with van der Waals surface area (Å²) < 4.78 is 1.66. The number of pyridine rings is 1. The lowest BCUT2D eigenvalue weighted by atomic mass is 10.0. The van der Waals surface area contributed by atoms with Gasteiger partial charge in [-0.1, -0.05) is 24.3 Å². The highest BCUT2D eigenvalue weighted by atomic mass is 16.3. The van der Waals surface area contributed by atoms with E-state index in [1.165, 1.54) is 18.4 Å². The summed E-state index contributed by atoms with van der Waals surface area (Å²) in [5.41, 5.74) is 4.91. The van der Waals surface area contributed by atoms with Gasteiger partial charge in [0.2, 0.25) is 0 Å². The Morgan fingerprint density at radius 1 is 1.12 bits per heavy atom. The van der Waals surface area contributed by atoms with Gasteiger partial charge in [0.15, 0.2) is 0 Å². The molecule has 0 aliphatic heterocycles. The third-order valence-corrected chi connectivity index (χ3v) is 5.08. The van der Waals surface area contributed by atoms with Gasteiger partial charge in [0.05, 0.1) is 17.7 Å². The molecule has 3 aromatic rings. The minimum atomic E-state index is -0.0773. The molecule has 0 saturated heterocycles. The van der Waals surface area contributed by atoms with E-state index in [1.807, 2.05) is 44.3 Å². The molecular weight excluding hydrogens is 298 g/mol. The number of fused-ring (bicyclic) bond motifs is 1.